The van der Waals surface area contributed by atoms with Gasteiger partial charge in [0.2, 0.25) is 5.88 Å². The third-order valence-corrected chi connectivity index (χ3v) is 5.82. The van der Waals surface area contributed by atoms with Crippen molar-refractivity contribution >= 4 is 5.91 Å². The Bertz CT molecular complexity index is 1350. The molecular weight excluding hydrogens is 447 g/mol. The van der Waals surface area contributed by atoms with Crippen molar-refractivity contribution in [3.63, 3.8) is 0 Å². The minimum atomic E-state index is -0.475. The number of pyridine rings is 1. The van der Waals surface area contributed by atoms with Crippen LogP contribution in [0.15, 0.2) is 67.4 Å². The maximum absolute atomic E-state index is 14.1. The van der Waals surface area contributed by atoms with Crippen molar-refractivity contribution in [2.45, 2.75) is 32.2 Å². The number of carbonyl (C=O) groups excluding carboxylic acids is 1. The second-order valence-corrected chi connectivity index (χ2v) is 8.31. The molecule has 1 saturated heterocycles. The van der Waals surface area contributed by atoms with Crippen LogP contribution in [-0.4, -0.2) is 42.3 Å². The Kier molecular flexibility index (Phi) is 6.38. The summed E-state index contributed by atoms with van der Waals surface area (Å²) in [7, 11) is 0. The zero-order valence-electron chi connectivity index (χ0n) is 19.1. The fourth-order valence-corrected chi connectivity index (χ4v) is 4.16. The summed E-state index contributed by atoms with van der Waals surface area (Å²) in [6, 6.07) is 10.9. The molecule has 0 saturated carbocycles. The average Bonchev–Trinajstić information content (AvgIpc) is 2.90. The molecule has 0 aliphatic carbocycles. The van der Waals surface area contributed by atoms with Crippen molar-refractivity contribution in [1.82, 2.24) is 29.8 Å². The van der Waals surface area contributed by atoms with Gasteiger partial charge in [-0.1, -0.05) is 12.1 Å². The first-order chi connectivity index (χ1) is 17.1. The van der Waals surface area contributed by atoms with Crippen molar-refractivity contribution in [2.24, 2.45) is 0 Å². The van der Waals surface area contributed by atoms with E-state index in [2.05, 4.69) is 24.9 Å². The Morgan fingerprint density at radius 2 is 1.91 bits per heavy atom. The minimum absolute atomic E-state index is 0.0855. The predicted molar refractivity (Wildman–Crippen MR) is 126 cm³/mol. The van der Waals surface area contributed by atoms with E-state index in [1.54, 1.807) is 59.9 Å². The summed E-state index contributed by atoms with van der Waals surface area (Å²) in [5.41, 5.74) is 2.54. The molecule has 1 aromatic carbocycles. The summed E-state index contributed by atoms with van der Waals surface area (Å²) in [6.07, 6.45) is 8.92. The Morgan fingerprint density at radius 1 is 1.09 bits per heavy atom. The van der Waals surface area contributed by atoms with Crippen LogP contribution in [0.25, 0.3) is 11.3 Å². The number of aromatic nitrogens is 5. The normalized spacial score (nSPS) is 15.6. The third kappa shape index (κ3) is 4.98. The summed E-state index contributed by atoms with van der Waals surface area (Å²) in [5, 5.41) is 0. The molecule has 0 bridgehead atoms. The number of amides is 1. The summed E-state index contributed by atoms with van der Waals surface area (Å²) < 4.78 is 19.8. The number of hydrogen-bond donors (Lipinski definition) is 0. The highest BCUT2D eigenvalue weighted by Gasteiger charge is 2.31. The lowest BCUT2D eigenvalue weighted by Crippen LogP contribution is -2.39. The van der Waals surface area contributed by atoms with Gasteiger partial charge in [0.25, 0.3) is 5.91 Å². The second kappa shape index (κ2) is 9.92. The molecule has 4 heterocycles. The van der Waals surface area contributed by atoms with Crippen molar-refractivity contribution < 1.29 is 13.9 Å². The van der Waals surface area contributed by atoms with Gasteiger partial charge in [-0.25, -0.2) is 19.3 Å². The van der Waals surface area contributed by atoms with E-state index in [4.69, 9.17) is 4.74 Å². The molecule has 1 fully saturated rings. The van der Waals surface area contributed by atoms with Gasteiger partial charge < -0.3 is 9.64 Å². The van der Waals surface area contributed by atoms with Crippen molar-refractivity contribution in [1.29, 1.82) is 0 Å². The maximum Gasteiger partial charge on any atom is 0.254 e. The van der Waals surface area contributed by atoms with Crippen molar-refractivity contribution in [3.05, 3.63) is 90.3 Å². The molecule has 1 aliphatic heterocycles. The first-order valence-electron chi connectivity index (χ1n) is 11.4. The fourth-order valence-electron chi connectivity index (χ4n) is 4.16. The van der Waals surface area contributed by atoms with Gasteiger partial charge in [0.1, 0.15) is 6.33 Å². The smallest absolute Gasteiger partial charge is 0.254 e. The molecule has 1 atom stereocenters. The lowest BCUT2D eigenvalue weighted by Gasteiger charge is -2.35. The number of carbonyl (C=O) groups is 1. The quantitative estimate of drug-likeness (QED) is 0.408. The van der Waals surface area contributed by atoms with E-state index in [-0.39, 0.29) is 23.6 Å². The molecule has 0 unspecified atom stereocenters. The summed E-state index contributed by atoms with van der Waals surface area (Å²) in [5.74, 6) is 0.206. The molecule has 0 N–H and O–H groups in total. The maximum atomic E-state index is 14.1. The molecule has 8 nitrogen and oxygen atoms in total. The standard InChI is InChI=1S/C26H23FN6O2/c1-17-12-24(35-23-8-3-2-6-20(23)27)32-25(31-17)22-7-4-5-11-33(22)26(34)18-9-10-30-21(13-18)19-14-28-16-29-15-19/h2-3,6,8-10,12-16,22H,4-5,7,11H2,1H3/t22-/m0/s1. The van der Waals surface area contributed by atoms with E-state index in [0.29, 0.717) is 29.3 Å². The molecule has 1 amide bonds. The van der Waals surface area contributed by atoms with E-state index in [9.17, 15) is 9.18 Å². The Labute approximate surface area is 201 Å². The lowest BCUT2D eigenvalue weighted by atomic mass is 9.99. The predicted octanol–water partition coefficient (Wildman–Crippen LogP) is 4.94. The largest absolute Gasteiger partial charge is 0.436 e. The van der Waals surface area contributed by atoms with E-state index < -0.39 is 5.82 Å². The SMILES string of the molecule is Cc1cc(Oc2ccccc2F)nc([C@@H]2CCCCN2C(=O)c2ccnc(-c3cncnc3)c2)n1. The van der Waals surface area contributed by atoms with Crippen LogP contribution in [-0.2, 0) is 0 Å². The average molecular weight is 471 g/mol. The van der Waals surface area contributed by atoms with Crippen LogP contribution in [0, 0.1) is 12.7 Å². The molecule has 5 rings (SSSR count). The molecule has 35 heavy (non-hydrogen) atoms. The van der Waals surface area contributed by atoms with Gasteiger partial charge in [0.05, 0.1) is 11.7 Å². The van der Waals surface area contributed by atoms with Crippen LogP contribution in [0.1, 0.15) is 47.2 Å². The highest BCUT2D eigenvalue weighted by Crippen LogP contribution is 2.32. The topological polar surface area (TPSA) is 94.0 Å². The lowest BCUT2D eigenvalue weighted by molar-refractivity contribution is 0.0598. The van der Waals surface area contributed by atoms with Gasteiger partial charge in [-0.15, -0.1) is 0 Å². The van der Waals surface area contributed by atoms with Crippen LogP contribution in [0.3, 0.4) is 0 Å². The second-order valence-electron chi connectivity index (χ2n) is 8.31. The van der Waals surface area contributed by atoms with Crippen LogP contribution >= 0.6 is 0 Å². The first-order valence-corrected chi connectivity index (χ1v) is 11.4. The third-order valence-electron chi connectivity index (χ3n) is 5.82. The number of ether oxygens (including phenoxy) is 1. The van der Waals surface area contributed by atoms with Crippen molar-refractivity contribution in [3.8, 4) is 22.9 Å². The molecule has 176 valence electrons. The molecule has 0 radical (unpaired) electrons. The van der Waals surface area contributed by atoms with E-state index in [1.165, 1.54) is 12.4 Å². The Morgan fingerprint density at radius 3 is 2.74 bits per heavy atom. The van der Waals surface area contributed by atoms with E-state index >= 15 is 0 Å². The Balaban J connectivity index is 1.44. The number of aryl methyl sites for hydroxylation is 1. The van der Waals surface area contributed by atoms with Gasteiger partial charge in [-0.2, -0.15) is 4.98 Å². The van der Waals surface area contributed by atoms with Gasteiger partial charge in [-0.05, 0) is 50.5 Å². The number of likely N-dealkylation sites (tertiary alicyclic amines) is 1. The van der Waals surface area contributed by atoms with Crippen LogP contribution < -0.4 is 4.74 Å². The molecular formula is C26H23FN6O2. The molecule has 9 heteroatoms. The molecule has 4 aromatic rings. The van der Waals surface area contributed by atoms with Crippen molar-refractivity contribution in [2.75, 3.05) is 6.54 Å². The summed E-state index contributed by atoms with van der Waals surface area (Å²) >= 11 is 0. The number of nitrogens with zero attached hydrogens (tertiary/aromatic N) is 6. The first kappa shape index (κ1) is 22.5. The summed E-state index contributed by atoms with van der Waals surface area (Å²) in [6.45, 7) is 2.40. The van der Waals surface area contributed by atoms with E-state index in [1.807, 2.05) is 6.92 Å². The number of para-hydroxylation sites is 1. The highest BCUT2D eigenvalue weighted by atomic mass is 19.1. The molecule has 3 aromatic heterocycles. The number of rotatable bonds is 5. The van der Waals surface area contributed by atoms with Gasteiger partial charge in [0.15, 0.2) is 17.4 Å². The van der Waals surface area contributed by atoms with Crippen LogP contribution in [0.5, 0.6) is 11.6 Å². The zero-order chi connectivity index (χ0) is 24.2. The zero-order valence-corrected chi connectivity index (χ0v) is 19.1. The van der Waals surface area contributed by atoms with Gasteiger partial charge in [0, 0.05) is 48.0 Å². The fraction of sp³-hybridized carbons (Fsp3) is 0.231. The van der Waals surface area contributed by atoms with Gasteiger partial charge in [-0.3, -0.25) is 9.78 Å². The molecule has 0 spiro atoms. The molecule has 1 aliphatic rings. The highest BCUT2D eigenvalue weighted by molar-refractivity contribution is 5.95. The van der Waals surface area contributed by atoms with E-state index in [0.717, 1.165) is 24.8 Å². The number of hydrogen-bond acceptors (Lipinski definition) is 7. The summed E-state index contributed by atoms with van der Waals surface area (Å²) in [4.78, 5) is 37.0. The van der Waals surface area contributed by atoms with Gasteiger partial charge >= 0.3 is 0 Å². The van der Waals surface area contributed by atoms with Crippen LogP contribution in [0.4, 0.5) is 4.39 Å². The number of halogens is 1. The Hall–Kier alpha value is -4.27. The number of benzene rings is 1. The minimum Gasteiger partial charge on any atom is -0.436 e. The monoisotopic (exact) mass is 470 g/mol. The number of piperidine rings is 1. The van der Waals surface area contributed by atoms with Crippen LogP contribution in [0.2, 0.25) is 0 Å².